The summed E-state index contributed by atoms with van der Waals surface area (Å²) >= 11 is 0. The highest BCUT2D eigenvalue weighted by atomic mass is 16.5. The number of ketones is 1. The second-order valence-electron chi connectivity index (χ2n) is 6.33. The molecule has 0 spiro atoms. The van der Waals surface area contributed by atoms with Crippen LogP contribution < -0.4 is 15.8 Å². The molecule has 0 unspecified atom stereocenters. The predicted octanol–water partition coefficient (Wildman–Crippen LogP) is 2.88. The lowest BCUT2D eigenvalue weighted by Crippen LogP contribution is -2.10. The number of methoxy groups -OCH3 is 1. The van der Waals surface area contributed by atoms with Gasteiger partial charge in [0, 0.05) is 17.7 Å². The van der Waals surface area contributed by atoms with E-state index >= 15 is 0 Å². The number of carbonyl (C=O) groups is 1. The Kier molecular flexibility index (Phi) is 5.54. The average Bonchev–Trinajstić information content (AvgIpc) is 3.04. The Morgan fingerprint density at radius 2 is 2.15 bits per heavy atom. The number of nitrogen functional groups attached to an aromatic ring is 1. The third kappa shape index (κ3) is 3.99. The van der Waals surface area contributed by atoms with E-state index in [2.05, 4.69) is 27.3 Å². The number of fused-ring (bicyclic) bond motifs is 1. The molecule has 3 N–H and O–H groups in total. The molecule has 142 valence electrons. The van der Waals surface area contributed by atoms with E-state index in [-0.39, 0.29) is 11.7 Å². The highest BCUT2D eigenvalue weighted by Gasteiger charge is 2.15. The number of nitrogens with one attached hydrogen (secondary N) is 1. The molecule has 2 aromatic heterocycles. The molecule has 0 saturated heterocycles. The van der Waals surface area contributed by atoms with Gasteiger partial charge in [-0.25, -0.2) is 4.98 Å². The van der Waals surface area contributed by atoms with Crippen LogP contribution in [0.25, 0.3) is 11.0 Å². The molecule has 2 heterocycles. The SMILES string of the molecule is CCCCNc1nc(N)nc2cnn(Cc3ccc(C(C)=O)cc3OC)c12. The van der Waals surface area contributed by atoms with Crippen LogP contribution in [0.2, 0.25) is 0 Å². The molecule has 3 rings (SSSR count). The molecule has 0 amide bonds. The van der Waals surface area contributed by atoms with Crippen molar-refractivity contribution in [3.05, 3.63) is 35.5 Å². The highest BCUT2D eigenvalue weighted by Crippen LogP contribution is 2.26. The summed E-state index contributed by atoms with van der Waals surface area (Å²) in [6.45, 7) is 4.92. The van der Waals surface area contributed by atoms with Gasteiger partial charge in [0.05, 0.1) is 19.9 Å². The maximum absolute atomic E-state index is 11.6. The molecule has 0 fully saturated rings. The fraction of sp³-hybridized carbons (Fsp3) is 0.368. The van der Waals surface area contributed by atoms with Crippen molar-refractivity contribution in [1.29, 1.82) is 0 Å². The minimum atomic E-state index is -0.00401. The molecule has 27 heavy (non-hydrogen) atoms. The number of nitrogens with two attached hydrogens (primary N) is 1. The Balaban J connectivity index is 1.99. The van der Waals surface area contributed by atoms with E-state index in [0.29, 0.717) is 29.2 Å². The van der Waals surface area contributed by atoms with Crippen LogP contribution in [0.3, 0.4) is 0 Å². The Morgan fingerprint density at radius 1 is 1.33 bits per heavy atom. The molecular weight excluding hydrogens is 344 g/mol. The lowest BCUT2D eigenvalue weighted by Gasteiger charge is -2.12. The molecular formula is C19H24N6O2. The number of nitrogens with zero attached hydrogens (tertiary/aromatic N) is 4. The zero-order valence-corrected chi connectivity index (χ0v) is 15.8. The van der Waals surface area contributed by atoms with Crippen molar-refractivity contribution in [3.8, 4) is 5.75 Å². The number of hydrogen-bond donors (Lipinski definition) is 2. The zero-order valence-electron chi connectivity index (χ0n) is 15.8. The monoisotopic (exact) mass is 368 g/mol. The third-order valence-electron chi connectivity index (χ3n) is 4.34. The van der Waals surface area contributed by atoms with E-state index in [1.54, 1.807) is 25.4 Å². The van der Waals surface area contributed by atoms with Crippen LogP contribution in [0.1, 0.15) is 42.6 Å². The second kappa shape index (κ2) is 8.03. The fourth-order valence-electron chi connectivity index (χ4n) is 2.90. The Labute approximate surface area is 157 Å². The average molecular weight is 368 g/mol. The van der Waals surface area contributed by atoms with Gasteiger partial charge in [-0.05, 0) is 19.4 Å². The first-order chi connectivity index (χ1) is 13.0. The first-order valence-corrected chi connectivity index (χ1v) is 8.94. The van der Waals surface area contributed by atoms with Crippen LogP contribution in [0.15, 0.2) is 24.4 Å². The second-order valence-corrected chi connectivity index (χ2v) is 6.33. The van der Waals surface area contributed by atoms with Gasteiger partial charge in [-0.3, -0.25) is 9.48 Å². The molecule has 0 aliphatic carbocycles. The molecule has 8 nitrogen and oxygen atoms in total. The molecule has 3 aromatic rings. The first-order valence-electron chi connectivity index (χ1n) is 8.94. The number of anilines is 2. The van der Waals surface area contributed by atoms with E-state index < -0.39 is 0 Å². The Morgan fingerprint density at radius 3 is 2.85 bits per heavy atom. The van der Waals surface area contributed by atoms with Crippen LogP contribution in [0.4, 0.5) is 11.8 Å². The lowest BCUT2D eigenvalue weighted by molar-refractivity contribution is 0.101. The number of Topliss-reactive ketones (excluding diaryl/α,β-unsaturated/α-hetero) is 1. The molecule has 1 aromatic carbocycles. The van der Waals surface area contributed by atoms with Gasteiger partial charge < -0.3 is 15.8 Å². The van der Waals surface area contributed by atoms with Crippen molar-refractivity contribution < 1.29 is 9.53 Å². The zero-order chi connectivity index (χ0) is 19.4. The van der Waals surface area contributed by atoms with Gasteiger partial charge in [-0.2, -0.15) is 10.1 Å². The van der Waals surface area contributed by atoms with Gasteiger partial charge in [0.15, 0.2) is 11.6 Å². The number of aromatic nitrogens is 4. The highest BCUT2D eigenvalue weighted by molar-refractivity contribution is 5.94. The molecule has 8 heteroatoms. The molecule has 0 atom stereocenters. The molecule has 0 radical (unpaired) electrons. The van der Waals surface area contributed by atoms with Crippen LogP contribution in [0, 0.1) is 0 Å². The Hall–Kier alpha value is -3.16. The minimum Gasteiger partial charge on any atom is -0.496 e. The van der Waals surface area contributed by atoms with E-state index in [0.717, 1.165) is 30.5 Å². The number of unbranched alkanes of at least 4 members (excludes halogenated alkanes) is 1. The summed E-state index contributed by atoms with van der Waals surface area (Å²) in [7, 11) is 1.59. The van der Waals surface area contributed by atoms with Crippen LogP contribution >= 0.6 is 0 Å². The quantitative estimate of drug-likeness (QED) is 0.465. The number of rotatable bonds is 8. The largest absolute Gasteiger partial charge is 0.496 e. The number of hydrogen-bond acceptors (Lipinski definition) is 7. The predicted molar refractivity (Wildman–Crippen MR) is 105 cm³/mol. The summed E-state index contributed by atoms with van der Waals surface area (Å²) in [5, 5.41) is 7.78. The lowest BCUT2D eigenvalue weighted by atomic mass is 10.1. The summed E-state index contributed by atoms with van der Waals surface area (Å²) in [6.07, 6.45) is 3.78. The summed E-state index contributed by atoms with van der Waals surface area (Å²) in [5.41, 5.74) is 8.82. The van der Waals surface area contributed by atoms with E-state index in [1.807, 2.05) is 10.7 Å². The van der Waals surface area contributed by atoms with Gasteiger partial charge in [0.2, 0.25) is 5.95 Å². The van der Waals surface area contributed by atoms with Crippen molar-refractivity contribution in [1.82, 2.24) is 19.7 Å². The van der Waals surface area contributed by atoms with Gasteiger partial charge >= 0.3 is 0 Å². The van der Waals surface area contributed by atoms with Gasteiger partial charge in [0.1, 0.15) is 16.8 Å². The summed E-state index contributed by atoms with van der Waals surface area (Å²) in [4.78, 5) is 20.2. The normalized spacial score (nSPS) is 10.9. The maximum Gasteiger partial charge on any atom is 0.222 e. The smallest absolute Gasteiger partial charge is 0.222 e. The van der Waals surface area contributed by atoms with Crippen molar-refractivity contribution in [2.45, 2.75) is 33.2 Å². The van der Waals surface area contributed by atoms with Gasteiger partial charge in [-0.1, -0.05) is 25.5 Å². The summed E-state index contributed by atoms with van der Waals surface area (Å²) in [5.74, 6) is 1.52. The van der Waals surface area contributed by atoms with Crippen molar-refractivity contribution in [2.75, 3.05) is 24.7 Å². The maximum atomic E-state index is 11.6. The van der Waals surface area contributed by atoms with Crippen molar-refractivity contribution in [2.24, 2.45) is 0 Å². The van der Waals surface area contributed by atoms with Crippen molar-refractivity contribution in [3.63, 3.8) is 0 Å². The van der Waals surface area contributed by atoms with E-state index in [4.69, 9.17) is 10.5 Å². The number of benzene rings is 1. The van der Waals surface area contributed by atoms with E-state index in [1.165, 1.54) is 6.92 Å². The minimum absolute atomic E-state index is 0.00401. The van der Waals surface area contributed by atoms with Gasteiger partial charge in [-0.15, -0.1) is 0 Å². The summed E-state index contributed by atoms with van der Waals surface area (Å²) < 4.78 is 7.28. The third-order valence-corrected chi connectivity index (χ3v) is 4.34. The molecule has 0 aliphatic heterocycles. The topological polar surface area (TPSA) is 108 Å². The number of ether oxygens (including phenoxy) is 1. The standard InChI is InChI=1S/C19H24N6O2/c1-4-5-8-21-18-17-15(23-19(20)24-18)10-22-25(17)11-14-7-6-13(12(2)26)9-16(14)27-3/h6-7,9-10H,4-5,8,11H2,1-3H3,(H3,20,21,23,24). The molecule has 0 saturated carbocycles. The molecule has 0 bridgehead atoms. The van der Waals surface area contributed by atoms with Crippen LogP contribution in [0.5, 0.6) is 5.75 Å². The van der Waals surface area contributed by atoms with Crippen LogP contribution in [-0.2, 0) is 6.54 Å². The van der Waals surface area contributed by atoms with Gasteiger partial charge in [0.25, 0.3) is 0 Å². The van der Waals surface area contributed by atoms with Crippen LogP contribution in [-0.4, -0.2) is 39.2 Å². The molecule has 0 aliphatic rings. The first kappa shape index (κ1) is 18.6. The fourth-order valence-corrected chi connectivity index (χ4v) is 2.90. The number of carbonyl (C=O) groups excluding carboxylic acids is 1. The van der Waals surface area contributed by atoms with Crippen molar-refractivity contribution >= 4 is 28.6 Å². The summed E-state index contributed by atoms with van der Waals surface area (Å²) in [6, 6.07) is 5.42. The Bertz CT molecular complexity index is 966. The van der Waals surface area contributed by atoms with E-state index in [9.17, 15) is 4.79 Å².